The lowest BCUT2D eigenvalue weighted by molar-refractivity contribution is 0.446. The van der Waals surface area contributed by atoms with Crippen LogP contribution in [0.4, 0.5) is 0 Å². The van der Waals surface area contributed by atoms with Crippen molar-refractivity contribution in [3.63, 3.8) is 0 Å². The number of nitrogens with zero attached hydrogens (tertiary/aromatic N) is 3. The summed E-state index contributed by atoms with van der Waals surface area (Å²) >= 11 is 14.8. The third kappa shape index (κ3) is 11.5. The maximum absolute atomic E-state index is 10.6. The number of halogens is 5. The maximum atomic E-state index is 10.6. The summed E-state index contributed by atoms with van der Waals surface area (Å²) in [5, 5.41) is 8.77. The number of hydrogen-bond donors (Lipinski definition) is 2. The van der Waals surface area contributed by atoms with Crippen molar-refractivity contribution in [1.29, 1.82) is 0 Å². The van der Waals surface area contributed by atoms with Crippen molar-refractivity contribution in [1.82, 2.24) is 19.9 Å². The molecule has 2 rings (SSSR count). The Morgan fingerprint density at radius 2 is 1.48 bits per heavy atom. The number of H-pyrrole nitrogens is 1. The molecule has 2 N–H and O–H groups in total. The van der Waals surface area contributed by atoms with Crippen molar-refractivity contribution in [2.45, 2.75) is 13.8 Å². The van der Waals surface area contributed by atoms with E-state index >= 15 is 0 Å². The largest absolute Gasteiger partial charge is 0.493 e. The van der Waals surface area contributed by atoms with Gasteiger partial charge in [0.05, 0.1) is 11.9 Å². The van der Waals surface area contributed by atoms with E-state index in [1.54, 1.807) is 0 Å². The second kappa shape index (κ2) is 11.1. The standard InChI is InChI=1S/C5H4Br2N2.C5H6N2O2.Br3OP/c1-3-4(6)8-2-9-5(3)7;1-3-4(8)6-2-7-5(3)9;1-5(2,3)4/h2H,1H3;2H,1H3,(H2,6,7,8,9);. The van der Waals surface area contributed by atoms with Crippen LogP contribution in [0, 0.1) is 13.8 Å². The van der Waals surface area contributed by atoms with Gasteiger partial charge in [-0.25, -0.2) is 15.0 Å². The molecular formula is C10H10Br5N4O3P. The molecule has 0 bridgehead atoms. The molecule has 0 unspecified atom stereocenters. The first kappa shape index (κ1) is 23.4. The van der Waals surface area contributed by atoms with Crippen LogP contribution in [0.1, 0.15) is 11.1 Å². The third-order valence-corrected chi connectivity index (χ3v) is 3.62. The summed E-state index contributed by atoms with van der Waals surface area (Å²) in [6, 6.07) is 0. The van der Waals surface area contributed by atoms with Gasteiger partial charge in [-0.3, -0.25) is 9.36 Å². The number of aromatic nitrogens is 4. The van der Waals surface area contributed by atoms with Gasteiger partial charge in [0.15, 0.2) is 0 Å². The topological polar surface area (TPSA) is 109 Å². The molecule has 0 saturated carbocycles. The van der Waals surface area contributed by atoms with Crippen molar-refractivity contribution < 1.29 is 9.67 Å². The van der Waals surface area contributed by atoms with Crippen LogP contribution in [0.25, 0.3) is 0 Å². The first-order chi connectivity index (χ1) is 10.4. The molecule has 0 aliphatic carbocycles. The first-order valence-electron chi connectivity index (χ1n) is 5.48. The normalized spacial score (nSPS) is 10.0. The van der Waals surface area contributed by atoms with Gasteiger partial charge in [-0.2, -0.15) is 0 Å². The Labute approximate surface area is 173 Å². The van der Waals surface area contributed by atoms with Gasteiger partial charge in [0.2, 0.25) is 5.88 Å². The van der Waals surface area contributed by atoms with Gasteiger partial charge in [-0.15, -0.1) is 0 Å². The predicted octanol–water partition coefficient (Wildman–Crippen LogP) is 5.37. The van der Waals surface area contributed by atoms with Crippen LogP contribution >= 0.6 is 81.6 Å². The van der Waals surface area contributed by atoms with E-state index in [1.807, 2.05) is 6.92 Å². The number of rotatable bonds is 0. The molecule has 0 aliphatic rings. The maximum Gasteiger partial charge on any atom is 0.268 e. The fourth-order valence-corrected chi connectivity index (χ4v) is 1.69. The molecule has 0 aromatic carbocycles. The van der Waals surface area contributed by atoms with E-state index in [1.165, 1.54) is 13.3 Å². The average Bonchev–Trinajstić information content (AvgIpc) is 2.41. The van der Waals surface area contributed by atoms with Crippen molar-refractivity contribution >= 4 is 81.6 Å². The number of nitrogens with one attached hydrogen (secondary N) is 1. The van der Waals surface area contributed by atoms with E-state index in [0.717, 1.165) is 21.1 Å². The summed E-state index contributed by atoms with van der Waals surface area (Å²) < 4.78 is 9.44. The van der Waals surface area contributed by atoms with Crippen LogP contribution in [-0.4, -0.2) is 25.0 Å². The highest BCUT2D eigenvalue weighted by Crippen LogP contribution is 2.68. The molecule has 2 aromatic rings. The molecule has 0 amide bonds. The molecule has 0 radical (unpaired) electrons. The van der Waals surface area contributed by atoms with Crippen molar-refractivity contribution in [3.05, 3.63) is 43.3 Å². The van der Waals surface area contributed by atoms with E-state index in [2.05, 4.69) is 98.3 Å². The van der Waals surface area contributed by atoms with Gasteiger partial charge >= 0.3 is 0 Å². The minimum Gasteiger partial charge on any atom is -0.493 e. The van der Waals surface area contributed by atoms with Crippen molar-refractivity contribution in [3.8, 4) is 5.88 Å². The highest BCUT2D eigenvalue weighted by molar-refractivity contribution is 9.94. The molecule has 0 fully saturated rings. The molecule has 2 heterocycles. The van der Waals surface area contributed by atoms with Gasteiger partial charge in [-0.1, -0.05) is 0 Å². The number of aromatic hydroxyl groups is 1. The summed E-state index contributed by atoms with van der Waals surface area (Å²) in [5.74, 6) is -0.209. The molecule has 0 aliphatic heterocycles. The quantitative estimate of drug-likeness (QED) is 0.290. The lowest BCUT2D eigenvalue weighted by Gasteiger charge is -1.95. The lowest BCUT2D eigenvalue weighted by Crippen LogP contribution is -2.08. The minimum absolute atomic E-state index is 0.209. The fraction of sp³-hybridized carbons (Fsp3) is 0.200. The zero-order valence-corrected chi connectivity index (χ0v) is 20.4. The Bertz CT molecular complexity index is 723. The van der Waals surface area contributed by atoms with Gasteiger partial charge in [0, 0.05) is 52.0 Å². The Morgan fingerprint density at radius 1 is 1.04 bits per heavy atom. The van der Waals surface area contributed by atoms with Crippen LogP contribution in [0.2, 0.25) is 0 Å². The van der Waals surface area contributed by atoms with E-state index in [0.29, 0.717) is 0 Å². The van der Waals surface area contributed by atoms with E-state index in [4.69, 9.17) is 5.11 Å². The number of hydrogen-bond acceptors (Lipinski definition) is 6. The highest BCUT2D eigenvalue weighted by atomic mass is 80.0. The Hall–Kier alpha value is 0.390. The van der Waals surface area contributed by atoms with Crippen LogP contribution in [-0.2, 0) is 4.57 Å². The Balaban J connectivity index is 0.000000332. The predicted molar refractivity (Wildman–Crippen MR) is 108 cm³/mol. The molecular weight excluding hydrogens is 655 g/mol. The van der Waals surface area contributed by atoms with Crippen LogP contribution in [0.15, 0.2) is 26.7 Å². The fourth-order valence-electron chi connectivity index (χ4n) is 0.868. The summed E-state index contributed by atoms with van der Waals surface area (Å²) in [7, 11) is 0. The molecule has 0 saturated heterocycles. The second-order valence-corrected chi connectivity index (χ2v) is 23.5. The molecule has 0 atom stereocenters. The van der Waals surface area contributed by atoms with E-state index in [9.17, 15) is 9.36 Å². The summed E-state index contributed by atoms with van der Waals surface area (Å²) in [5.41, 5.74) is 0.970. The van der Waals surface area contributed by atoms with Crippen LogP contribution in [0.5, 0.6) is 5.88 Å². The molecule has 0 spiro atoms. The van der Waals surface area contributed by atoms with Crippen LogP contribution < -0.4 is 5.56 Å². The van der Waals surface area contributed by atoms with Crippen LogP contribution in [0.3, 0.4) is 0 Å². The zero-order valence-electron chi connectivity index (χ0n) is 11.6. The second-order valence-electron chi connectivity index (χ2n) is 3.66. The van der Waals surface area contributed by atoms with Gasteiger partial charge < -0.3 is 10.1 Å². The Kier molecular flexibility index (Phi) is 11.3. The summed E-state index contributed by atoms with van der Waals surface area (Å²) in [6.07, 6.45) is 2.66. The van der Waals surface area contributed by atoms with Gasteiger partial charge in [-0.05, 0) is 45.7 Å². The SMILES string of the molecule is Cc1c(Br)ncnc1Br.Cc1c(O)nc[nH]c1=O.O=P(Br)(Br)Br. The number of aromatic amines is 1. The minimum atomic E-state index is -2.20. The van der Waals surface area contributed by atoms with Gasteiger partial charge in [0.25, 0.3) is 8.81 Å². The molecule has 23 heavy (non-hydrogen) atoms. The summed E-state index contributed by atoms with van der Waals surface area (Å²) in [6.45, 7) is 3.44. The summed E-state index contributed by atoms with van der Waals surface area (Å²) in [4.78, 5) is 24.2. The molecule has 128 valence electrons. The molecule has 2 aromatic heterocycles. The monoisotopic (exact) mass is 660 g/mol. The van der Waals surface area contributed by atoms with Crippen molar-refractivity contribution in [2.24, 2.45) is 0 Å². The lowest BCUT2D eigenvalue weighted by atomic mass is 10.4. The van der Waals surface area contributed by atoms with E-state index < -0.39 is 3.25 Å². The Morgan fingerprint density at radius 3 is 1.78 bits per heavy atom. The van der Waals surface area contributed by atoms with Gasteiger partial charge in [0.1, 0.15) is 15.5 Å². The smallest absolute Gasteiger partial charge is 0.268 e. The van der Waals surface area contributed by atoms with E-state index in [-0.39, 0.29) is 17.0 Å². The highest BCUT2D eigenvalue weighted by Gasteiger charge is 2.00. The third-order valence-electron chi connectivity index (χ3n) is 2.02. The van der Waals surface area contributed by atoms with Crippen molar-refractivity contribution in [2.75, 3.05) is 0 Å². The first-order valence-corrected chi connectivity index (χ1v) is 14.8. The molecule has 13 heteroatoms. The molecule has 7 nitrogen and oxygen atoms in total. The average molecular weight is 665 g/mol. The zero-order chi connectivity index (χ0) is 18.2.